The van der Waals surface area contributed by atoms with Crippen molar-refractivity contribution in [2.75, 3.05) is 0 Å². The highest BCUT2D eigenvalue weighted by atomic mass is 35.5. The second-order valence-corrected chi connectivity index (χ2v) is 4.11. The highest BCUT2D eigenvalue weighted by Crippen LogP contribution is 2.21. The first-order valence-corrected chi connectivity index (χ1v) is 5.39. The van der Waals surface area contributed by atoms with Crippen molar-refractivity contribution in [1.82, 2.24) is 19.5 Å². The average molecular weight is 251 g/mol. The summed E-state index contributed by atoms with van der Waals surface area (Å²) in [6.07, 6.45) is 5.22. The monoisotopic (exact) mass is 250 g/mol. The number of imidazole rings is 2. The third-order valence-electron chi connectivity index (χ3n) is 2.46. The van der Waals surface area contributed by atoms with Gasteiger partial charge in [-0.05, 0) is 6.07 Å². The van der Waals surface area contributed by atoms with Crippen molar-refractivity contribution in [3.63, 3.8) is 0 Å². The summed E-state index contributed by atoms with van der Waals surface area (Å²) in [6.45, 7) is 0.563. The maximum Gasteiger partial charge on any atom is 0.144 e. The van der Waals surface area contributed by atoms with Crippen LogP contribution in [0, 0.1) is 5.82 Å². The molecule has 0 fully saturated rings. The van der Waals surface area contributed by atoms with Crippen LogP contribution in [0.2, 0.25) is 5.02 Å². The zero-order valence-corrected chi connectivity index (χ0v) is 9.45. The molecule has 0 spiro atoms. The lowest BCUT2D eigenvalue weighted by Crippen LogP contribution is -1.97. The molecule has 1 aromatic carbocycles. The van der Waals surface area contributed by atoms with Gasteiger partial charge < -0.3 is 9.55 Å². The predicted octanol–water partition coefficient (Wildman–Crippen LogP) is 2.60. The Morgan fingerprint density at radius 3 is 3.06 bits per heavy atom. The van der Waals surface area contributed by atoms with Crippen LogP contribution >= 0.6 is 11.6 Å². The van der Waals surface area contributed by atoms with Gasteiger partial charge in [-0.25, -0.2) is 14.4 Å². The number of H-pyrrole nitrogens is 1. The maximum absolute atomic E-state index is 13.2. The van der Waals surface area contributed by atoms with Crippen LogP contribution in [-0.4, -0.2) is 19.5 Å². The van der Waals surface area contributed by atoms with Crippen LogP contribution in [0.25, 0.3) is 11.0 Å². The van der Waals surface area contributed by atoms with E-state index in [1.54, 1.807) is 12.5 Å². The van der Waals surface area contributed by atoms with E-state index < -0.39 is 5.82 Å². The molecular formula is C11H8ClFN4. The summed E-state index contributed by atoms with van der Waals surface area (Å²) in [5, 5.41) is 0.0816. The number of nitrogens with zero attached hydrogens (tertiary/aromatic N) is 3. The van der Waals surface area contributed by atoms with Crippen LogP contribution in [-0.2, 0) is 6.54 Å². The molecule has 2 aromatic heterocycles. The molecule has 3 rings (SSSR count). The number of hydrogen-bond donors (Lipinski definition) is 1. The zero-order chi connectivity index (χ0) is 11.8. The third kappa shape index (κ3) is 1.89. The third-order valence-corrected chi connectivity index (χ3v) is 2.75. The van der Waals surface area contributed by atoms with Crippen molar-refractivity contribution in [3.05, 3.63) is 47.5 Å². The maximum atomic E-state index is 13.2. The molecule has 0 saturated carbocycles. The fourth-order valence-corrected chi connectivity index (χ4v) is 1.84. The van der Waals surface area contributed by atoms with Crippen molar-refractivity contribution in [3.8, 4) is 0 Å². The molecule has 0 radical (unpaired) electrons. The molecule has 0 aliphatic heterocycles. The van der Waals surface area contributed by atoms with E-state index in [-0.39, 0.29) is 5.02 Å². The number of hydrogen-bond acceptors (Lipinski definition) is 2. The molecule has 3 aromatic rings. The molecule has 2 heterocycles. The topological polar surface area (TPSA) is 46.5 Å². The number of halogens is 2. The smallest absolute Gasteiger partial charge is 0.144 e. The predicted molar refractivity (Wildman–Crippen MR) is 62.4 cm³/mol. The summed E-state index contributed by atoms with van der Waals surface area (Å²) < 4.78 is 15.1. The van der Waals surface area contributed by atoms with Crippen molar-refractivity contribution < 1.29 is 4.39 Å². The van der Waals surface area contributed by atoms with Gasteiger partial charge >= 0.3 is 0 Å². The molecule has 0 atom stereocenters. The molecule has 1 N–H and O–H groups in total. The number of benzene rings is 1. The summed E-state index contributed by atoms with van der Waals surface area (Å²) in [4.78, 5) is 11.3. The minimum atomic E-state index is -0.447. The standard InChI is InChI=1S/C11H8ClFN4/c12-7-3-9-10(4-8(7)13)16-11(15-9)5-17-2-1-14-6-17/h1-4,6H,5H2,(H,15,16). The summed E-state index contributed by atoms with van der Waals surface area (Å²) in [6, 6.07) is 2.86. The molecule has 86 valence electrons. The second kappa shape index (κ2) is 3.85. The zero-order valence-electron chi connectivity index (χ0n) is 8.69. The van der Waals surface area contributed by atoms with Crippen LogP contribution in [0.4, 0.5) is 4.39 Å². The van der Waals surface area contributed by atoms with E-state index in [1.165, 1.54) is 12.1 Å². The molecule has 0 aliphatic rings. The number of nitrogens with one attached hydrogen (secondary N) is 1. The van der Waals surface area contributed by atoms with Crippen LogP contribution in [0.15, 0.2) is 30.9 Å². The van der Waals surface area contributed by atoms with E-state index in [9.17, 15) is 4.39 Å². The van der Waals surface area contributed by atoms with Crippen LogP contribution in [0.1, 0.15) is 5.82 Å². The highest BCUT2D eigenvalue weighted by Gasteiger charge is 2.07. The fraction of sp³-hybridized carbons (Fsp3) is 0.0909. The van der Waals surface area contributed by atoms with E-state index in [0.29, 0.717) is 17.6 Å². The second-order valence-electron chi connectivity index (χ2n) is 3.70. The van der Waals surface area contributed by atoms with E-state index >= 15 is 0 Å². The van der Waals surface area contributed by atoms with Gasteiger partial charge in [0.2, 0.25) is 0 Å². The lowest BCUT2D eigenvalue weighted by molar-refractivity contribution is 0.630. The minimum Gasteiger partial charge on any atom is -0.340 e. The van der Waals surface area contributed by atoms with Gasteiger partial charge in [-0.3, -0.25) is 0 Å². The van der Waals surface area contributed by atoms with Gasteiger partial charge in [0.25, 0.3) is 0 Å². The van der Waals surface area contributed by atoms with Crippen LogP contribution < -0.4 is 0 Å². The average Bonchev–Trinajstić information content (AvgIpc) is 2.89. The van der Waals surface area contributed by atoms with Crippen LogP contribution in [0.3, 0.4) is 0 Å². The minimum absolute atomic E-state index is 0.0816. The van der Waals surface area contributed by atoms with Crippen molar-refractivity contribution in [1.29, 1.82) is 0 Å². The Bertz CT molecular complexity index is 620. The number of aromatic amines is 1. The molecule has 0 bridgehead atoms. The highest BCUT2D eigenvalue weighted by molar-refractivity contribution is 6.31. The molecule has 0 saturated heterocycles. The summed E-state index contributed by atoms with van der Waals surface area (Å²) in [5.74, 6) is 0.289. The Labute approximate surface area is 101 Å². The van der Waals surface area contributed by atoms with Crippen molar-refractivity contribution >= 4 is 22.6 Å². The van der Waals surface area contributed by atoms with Gasteiger partial charge in [0.05, 0.1) is 28.9 Å². The Morgan fingerprint density at radius 1 is 1.41 bits per heavy atom. The quantitative estimate of drug-likeness (QED) is 0.760. The number of rotatable bonds is 2. The Balaban J connectivity index is 2.02. The lowest BCUT2D eigenvalue weighted by atomic mass is 10.3. The van der Waals surface area contributed by atoms with E-state index in [2.05, 4.69) is 15.0 Å². The lowest BCUT2D eigenvalue weighted by Gasteiger charge is -1.96. The van der Waals surface area contributed by atoms with Gasteiger partial charge in [0.1, 0.15) is 11.6 Å². The van der Waals surface area contributed by atoms with Gasteiger partial charge in [-0.1, -0.05) is 11.6 Å². The first kappa shape index (κ1) is 10.3. The SMILES string of the molecule is Fc1cc2[nH]c(Cn3ccnc3)nc2cc1Cl. The largest absolute Gasteiger partial charge is 0.340 e. The first-order valence-electron chi connectivity index (χ1n) is 5.02. The number of fused-ring (bicyclic) bond motifs is 1. The molecule has 4 nitrogen and oxygen atoms in total. The molecular weight excluding hydrogens is 243 g/mol. The normalized spacial score (nSPS) is 11.2. The van der Waals surface area contributed by atoms with Crippen LogP contribution in [0.5, 0.6) is 0 Å². The van der Waals surface area contributed by atoms with Gasteiger partial charge in [-0.2, -0.15) is 0 Å². The molecule has 0 amide bonds. The molecule has 17 heavy (non-hydrogen) atoms. The van der Waals surface area contributed by atoms with Gasteiger partial charge in [0, 0.05) is 18.5 Å². The Morgan fingerprint density at radius 2 is 2.29 bits per heavy atom. The Hall–Kier alpha value is -1.88. The van der Waals surface area contributed by atoms with Crippen molar-refractivity contribution in [2.45, 2.75) is 6.54 Å². The summed E-state index contributed by atoms with van der Waals surface area (Å²) in [7, 11) is 0. The van der Waals surface area contributed by atoms with Crippen molar-refractivity contribution in [2.24, 2.45) is 0 Å². The fourth-order valence-electron chi connectivity index (χ4n) is 1.69. The van der Waals surface area contributed by atoms with E-state index in [1.807, 2.05) is 10.8 Å². The Kier molecular flexibility index (Phi) is 2.33. The summed E-state index contributed by atoms with van der Waals surface area (Å²) >= 11 is 5.70. The molecule has 0 unspecified atom stereocenters. The van der Waals surface area contributed by atoms with Gasteiger partial charge in [-0.15, -0.1) is 0 Å². The molecule has 0 aliphatic carbocycles. The van der Waals surface area contributed by atoms with E-state index in [0.717, 1.165) is 5.82 Å². The summed E-state index contributed by atoms with van der Waals surface area (Å²) in [5.41, 5.74) is 1.30. The number of aromatic nitrogens is 4. The van der Waals surface area contributed by atoms with E-state index in [4.69, 9.17) is 11.6 Å². The first-order chi connectivity index (χ1) is 8.22. The molecule has 6 heteroatoms. The van der Waals surface area contributed by atoms with Gasteiger partial charge in [0.15, 0.2) is 0 Å².